The lowest BCUT2D eigenvalue weighted by Gasteiger charge is -2.15. The van der Waals surface area contributed by atoms with Crippen LogP contribution in [0.3, 0.4) is 0 Å². The predicted octanol–water partition coefficient (Wildman–Crippen LogP) is 1.65. The van der Waals surface area contributed by atoms with Gasteiger partial charge in [-0.15, -0.1) is 0 Å². The van der Waals surface area contributed by atoms with Gasteiger partial charge in [0.25, 0.3) is 0 Å². The van der Waals surface area contributed by atoms with E-state index in [2.05, 4.69) is 29.5 Å². The summed E-state index contributed by atoms with van der Waals surface area (Å²) >= 11 is 0. The van der Waals surface area contributed by atoms with Gasteiger partial charge in [-0.05, 0) is 30.0 Å². The molecule has 0 atom stereocenters. The lowest BCUT2D eigenvalue weighted by molar-refractivity contribution is -0.127. The Hall–Kier alpha value is -2.11. The molecule has 0 aliphatic carbocycles. The van der Waals surface area contributed by atoms with Gasteiger partial charge in [-0.25, -0.2) is 9.38 Å². The van der Waals surface area contributed by atoms with Gasteiger partial charge in [0, 0.05) is 27.2 Å². The molecule has 0 aliphatic rings. The van der Waals surface area contributed by atoms with E-state index in [1.807, 2.05) is 0 Å². The van der Waals surface area contributed by atoms with E-state index in [-0.39, 0.29) is 18.3 Å². The third kappa shape index (κ3) is 8.18. The lowest BCUT2D eigenvalue weighted by atomic mass is 10.1. The van der Waals surface area contributed by atoms with Crippen molar-refractivity contribution in [3.05, 3.63) is 35.6 Å². The number of halogens is 1. The maximum absolute atomic E-state index is 12.9. The van der Waals surface area contributed by atoms with Crippen molar-refractivity contribution in [1.82, 2.24) is 15.5 Å². The average molecular weight is 322 g/mol. The monoisotopic (exact) mass is 322 g/mol. The third-order valence-corrected chi connectivity index (χ3v) is 3.17. The first-order valence-electron chi connectivity index (χ1n) is 7.85. The molecule has 0 aromatic heterocycles. The number of carbonyl (C=O) groups is 1. The van der Waals surface area contributed by atoms with Crippen LogP contribution in [-0.4, -0.2) is 50.5 Å². The molecule has 1 aromatic rings. The van der Waals surface area contributed by atoms with Crippen LogP contribution in [0.15, 0.2) is 29.3 Å². The fourth-order valence-corrected chi connectivity index (χ4v) is 1.74. The zero-order valence-electron chi connectivity index (χ0n) is 14.4. The number of amides is 1. The van der Waals surface area contributed by atoms with Gasteiger partial charge in [0.15, 0.2) is 5.96 Å². The minimum atomic E-state index is -0.232. The highest BCUT2D eigenvalue weighted by Crippen LogP contribution is 2.02. The standard InChI is InChI=1S/C17H27FN4O/c1-13(2)11-20-17(21-12-16(23)22(3)4)19-10-9-14-5-7-15(18)8-6-14/h5-8,13H,9-12H2,1-4H3,(H2,19,20,21). The summed E-state index contributed by atoms with van der Waals surface area (Å²) < 4.78 is 12.9. The molecule has 1 rings (SSSR count). The summed E-state index contributed by atoms with van der Waals surface area (Å²) in [6.45, 7) is 5.75. The smallest absolute Gasteiger partial charge is 0.243 e. The number of hydrogen-bond acceptors (Lipinski definition) is 2. The highest BCUT2D eigenvalue weighted by molar-refractivity contribution is 5.84. The Morgan fingerprint density at radius 3 is 2.43 bits per heavy atom. The van der Waals surface area contributed by atoms with Crippen LogP contribution in [0, 0.1) is 11.7 Å². The van der Waals surface area contributed by atoms with Gasteiger partial charge in [0.1, 0.15) is 12.4 Å². The molecule has 0 heterocycles. The highest BCUT2D eigenvalue weighted by Gasteiger charge is 2.05. The molecule has 0 bridgehead atoms. The average Bonchev–Trinajstić information content (AvgIpc) is 2.50. The third-order valence-electron chi connectivity index (χ3n) is 3.17. The summed E-state index contributed by atoms with van der Waals surface area (Å²) in [5, 5.41) is 6.42. The second-order valence-electron chi connectivity index (χ2n) is 6.03. The second kappa shape index (κ2) is 9.82. The van der Waals surface area contributed by atoms with Crippen molar-refractivity contribution < 1.29 is 9.18 Å². The molecule has 2 N–H and O–H groups in total. The van der Waals surface area contributed by atoms with Crippen molar-refractivity contribution in [2.45, 2.75) is 20.3 Å². The van der Waals surface area contributed by atoms with Crippen molar-refractivity contribution in [1.29, 1.82) is 0 Å². The topological polar surface area (TPSA) is 56.7 Å². The number of hydrogen-bond donors (Lipinski definition) is 2. The molecule has 1 amide bonds. The fraction of sp³-hybridized carbons (Fsp3) is 0.529. The van der Waals surface area contributed by atoms with E-state index in [0.29, 0.717) is 18.4 Å². The van der Waals surface area contributed by atoms with Gasteiger partial charge in [-0.1, -0.05) is 26.0 Å². The van der Waals surface area contributed by atoms with Gasteiger partial charge in [-0.2, -0.15) is 0 Å². The van der Waals surface area contributed by atoms with Crippen LogP contribution in [-0.2, 0) is 11.2 Å². The Bertz CT molecular complexity index is 512. The molecule has 0 fully saturated rings. The van der Waals surface area contributed by atoms with Gasteiger partial charge in [0.05, 0.1) is 0 Å². The Balaban J connectivity index is 2.52. The van der Waals surface area contributed by atoms with Crippen LogP contribution in [0.5, 0.6) is 0 Å². The quantitative estimate of drug-likeness (QED) is 0.593. The second-order valence-corrected chi connectivity index (χ2v) is 6.03. The fourth-order valence-electron chi connectivity index (χ4n) is 1.74. The van der Waals surface area contributed by atoms with E-state index in [1.165, 1.54) is 17.0 Å². The van der Waals surface area contributed by atoms with Gasteiger partial charge >= 0.3 is 0 Å². The van der Waals surface area contributed by atoms with Crippen LogP contribution in [0.4, 0.5) is 4.39 Å². The minimum absolute atomic E-state index is 0.0471. The van der Waals surface area contributed by atoms with Crippen molar-refractivity contribution >= 4 is 11.9 Å². The Labute approximate surface area is 138 Å². The summed E-state index contributed by atoms with van der Waals surface area (Å²) in [7, 11) is 3.42. The van der Waals surface area contributed by atoms with E-state index in [0.717, 1.165) is 18.5 Å². The first-order valence-corrected chi connectivity index (χ1v) is 7.85. The van der Waals surface area contributed by atoms with Crippen molar-refractivity contribution in [3.63, 3.8) is 0 Å². The molecule has 23 heavy (non-hydrogen) atoms. The molecule has 128 valence electrons. The number of guanidine groups is 1. The van der Waals surface area contributed by atoms with E-state index in [9.17, 15) is 9.18 Å². The molecular weight excluding hydrogens is 295 g/mol. The molecule has 0 spiro atoms. The van der Waals surface area contributed by atoms with E-state index < -0.39 is 0 Å². The first-order chi connectivity index (χ1) is 10.9. The summed E-state index contributed by atoms with van der Waals surface area (Å²) in [6, 6.07) is 6.45. The van der Waals surface area contributed by atoms with Crippen LogP contribution in [0.25, 0.3) is 0 Å². The van der Waals surface area contributed by atoms with Crippen molar-refractivity contribution in [2.24, 2.45) is 10.9 Å². The normalized spacial score (nSPS) is 11.5. The van der Waals surface area contributed by atoms with E-state index in [1.54, 1.807) is 26.2 Å². The molecular formula is C17H27FN4O. The molecule has 5 nitrogen and oxygen atoms in total. The summed E-state index contributed by atoms with van der Waals surface area (Å²) in [5.74, 6) is 0.818. The molecule has 1 aromatic carbocycles. The number of rotatable bonds is 7. The Kier molecular flexibility index (Phi) is 8.08. The molecule has 0 unspecified atom stereocenters. The molecule has 0 saturated heterocycles. The van der Waals surface area contributed by atoms with Crippen molar-refractivity contribution in [3.8, 4) is 0 Å². The highest BCUT2D eigenvalue weighted by atomic mass is 19.1. The maximum Gasteiger partial charge on any atom is 0.243 e. The first kappa shape index (κ1) is 18.9. The molecule has 0 aliphatic heterocycles. The van der Waals surface area contributed by atoms with Gasteiger partial charge in [0.2, 0.25) is 5.91 Å². The van der Waals surface area contributed by atoms with Gasteiger partial charge in [-0.3, -0.25) is 4.79 Å². The minimum Gasteiger partial charge on any atom is -0.356 e. The van der Waals surface area contributed by atoms with E-state index >= 15 is 0 Å². The Morgan fingerprint density at radius 2 is 1.87 bits per heavy atom. The number of likely N-dealkylation sites (N-methyl/N-ethyl adjacent to an activating group) is 1. The van der Waals surface area contributed by atoms with Crippen LogP contribution in [0.2, 0.25) is 0 Å². The number of nitrogens with zero attached hydrogens (tertiary/aromatic N) is 2. The number of aliphatic imine (C=N–C) groups is 1. The summed E-state index contributed by atoms with van der Waals surface area (Å²) in [5.41, 5.74) is 1.05. The largest absolute Gasteiger partial charge is 0.356 e. The molecule has 0 saturated carbocycles. The summed E-state index contributed by atoms with van der Waals surface area (Å²) in [6.07, 6.45) is 0.754. The number of carbonyl (C=O) groups excluding carboxylic acids is 1. The van der Waals surface area contributed by atoms with Crippen LogP contribution in [0.1, 0.15) is 19.4 Å². The van der Waals surface area contributed by atoms with Gasteiger partial charge < -0.3 is 15.5 Å². The lowest BCUT2D eigenvalue weighted by Crippen LogP contribution is -2.41. The van der Waals surface area contributed by atoms with E-state index in [4.69, 9.17) is 0 Å². The SMILES string of the molecule is CC(C)CNC(=NCC(=O)N(C)C)NCCc1ccc(F)cc1. The maximum atomic E-state index is 12.9. The van der Waals surface area contributed by atoms with Crippen LogP contribution < -0.4 is 10.6 Å². The molecule has 0 radical (unpaired) electrons. The Morgan fingerprint density at radius 1 is 1.22 bits per heavy atom. The number of nitrogens with one attached hydrogen (secondary N) is 2. The van der Waals surface area contributed by atoms with Crippen molar-refractivity contribution in [2.75, 3.05) is 33.7 Å². The zero-order valence-corrected chi connectivity index (χ0v) is 14.4. The predicted molar refractivity (Wildman–Crippen MR) is 91.9 cm³/mol. The summed E-state index contributed by atoms with van der Waals surface area (Å²) in [4.78, 5) is 17.5. The zero-order chi connectivity index (χ0) is 17.2. The molecule has 6 heteroatoms. The van der Waals surface area contributed by atoms with Crippen LogP contribution >= 0.6 is 0 Å². The number of benzene rings is 1.